The Kier molecular flexibility index (Phi) is 4.47. The molecule has 1 heterocycles. The van der Waals surface area contributed by atoms with Crippen molar-refractivity contribution in [3.63, 3.8) is 0 Å². The molecule has 1 atom stereocenters. The largest absolute Gasteiger partial charge is 0.481 e. The van der Waals surface area contributed by atoms with Crippen LogP contribution in [0.4, 0.5) is 0 Å². The smallest absolute Gasteiger partial charge is 0.303 e. The van der Waals surface area contributed by atoms with Crippen LogP contribution in [0, 0.1) is 0 Å². The van der Waals surface area contributed by atoms with Crippen LogP contribution in [0.1, 0.15) is 24.3 Å². The third kappa shape index (κ3) is 3.29. The molecular weight excluding hydrogens is 262 g/mol. The van der Waals surface area contributed by atoms with E-state index in [2.05, 4.69) is 0 Å². The van der Waals surface area contributed by atoms with Crippen molar-refractivity contribution in [3.05, 3.63) is 29.8 Å². The third-order valence-electron chi connectivity index (χ3n) is 3.26. The Labute approximate surface area is 116 Å². The standard InChI is InChI=1S/C14H17NO3S/c1-15(8-4-7-13(16)17)14(18)11-9-19-12-6-3-2-5-10(11)12/h2-3,5-6,11H,4,7-9H2,1H3,(H,16,17). The number of fused-ring (bicyclic) bond motifs is 1. The predicted molar refractivity (Wildman–Crippen MR) is 74.4 cm³/mol. The van der Waals surface area contributed by atoms with Crippen LogP contribution in [-0.2, 0) is 9.59 Å². The number of carboxylic acids is 1. The number of likely N-dealkylation sites (N-methyl/N-ethyl adjacent to an activating group) is 1. The van der Waals surface area contributed by atoms with Crippen LogP contribution in [0.25, 0.3) is 0 Å². The molecule has 19 heavy (non-hydrogen) atoms. The van der Waals surface area contributed by atoms with E-state index in [1.54, 1.807) is 23.7 Å². The summed E-state index contributed by atoms with van der Waals surface area (Å²) >= 11 is 1.71. The molecule has 1 aliphatic rings. The molecule has 5 heteroatoms. The fraction of sp³-hybridized carbons (Fsp3) is 0.429. The summed E-state index contributed by atoms with van der Waals surface area (Å²) in [5.74, 6) is -0.0389. The zero-order valence-electron chi connectivity index (χ0n) is 10.8. The minimum absolute atomic E-state index is 0.0860. The van der Waals surface area contributed by atoms with Crippen molar-refractivity contribution >= 4 is 23.6 Å². The van der Waals surface area contributed by atoms with Crippen LogP contribution in [0.3, 0.4) is 0 Å². The lowest BCUT2D eigenvalue weighted by atomic mass is 10.00. The monoisotopic (exact) mass is 279 g/mol. The van der Waals surface area contributed by atoms with Gasteiger partial charge in [0.1, 0.15) is 0 Å². The molecule has 1 aliphatic heterocycles. The molecule has 0 bridgehead atoms. The SMILES string of the molecule is CN(CCCC(=O)O)C(=O)C1CSc2ccccc21. The van der Waals surface area contributed by atoms with E-state index in [0.717, 1.165) is 11.3 Å². The first kappa shape index (κ1) is 13.9. The summed E-state index contributed by atoms with van der Waals surface area (Å²) in [6.45, 7) is 0.495. The lowest BCUT2D eigenvalue weighted by molar-refractivity contribution is -0.138. The summed E-state index contributed by atoms with van der Waals surface area (Å²) in [6, 6.07) is 7.98. The second kappa shape index (κ2) is 6.10. The van der Waals surface area contributed by atoms with Crippen LogP contribution in [0.2, 0.25) is 0 Å². The van der Waals surface area contributed by atoms with E-state index in [-0.39, 0.29) is 18.2 Å². The van der Waals surface area contributed by atoms with E-state index >= 15 is 0 Å². The minimum Gasteiger partial charge on any atom is -0.481 e. The Morgan fingerprint density at radius 1 is 1.42 bits per heavy atom. The number of thioether (sulfide) groups is 1. The number of carbonyl (C=O) groups is 2. The van der Waals surface area contributed by atoms with Crippen molar-refractivity contribution in [2.24, 2.45) is 0 Å². The van der Waals surface area contributed by atoms with Gasteiger partial charge >= 0.3 is 5.97 Å². The first-order valence-electron chi connectivity index (χ1n) is 6.28. The number of carboxylic acid groups (broad SMARTS) is 1. The maximum atomic E-state index is 12.3. The van der Waals surface area contributed by atoms with Gasteiger partial charge in [0.2, 0.25) is 5.91 Å². The number of hydrogen-bond donors (Lipinski definition) is 1. The van der Waals surface area contributed by atoms with Crippen molar-refractivity contribution < 1.29 is 14.7 Å². The van der Waals surface area contributed by atoms with E-state index in [1.807, 2.05) is 24.3 Å². The zero-order chi connectivity index (χ0) is 13.8. The highest BCUT2D eigenvalue weighted by molar-refractivity contribution is 7.99. The third-order valence-corrected chi connectivity index (χ3v) is 4.44. The molecule has 0 spiro atoms. The predicted octanol–water partition coefficient (Wildman–Crippen LogP) is 2.20. The van der Waals surface area contributed by atoms with Crippen molar-refractivity contribution in [1.82, 2.24) is 4.90 Å². The second-order valence-electron chi connectivity index (χ2n) is 4.66. The molecular formula is C14H17NO3S. The Morgan fingerprint density at radius 3 is 2.89 bits per heavy atom. The summed E-state index contributed by atoms with van der Waals surface area (Å²) in [6.07, 6.45) is 0.604. The summed E-state index contributed by atoms with van der Waals surface area (Å²) in [7, 11) is 1.75. The maximum absolute atomic E-state index is 12.3. The van der Waals surface area contributed by atoms with Crippen LogP contribution >= 0.6 is 11.8 Å². The van der Waals surface area contributed by atoms with Gasteiger partial charge in [-0.15, -0.1) is 11.8 Å². The number of amides is 1. The molecule has 102 valence electrons. The first-order chi connectivity index (χ1) is 9.09. The molecule has 1 aromatic carbocycles. The maximum Gasteiger partial charge on any atom is 0.303 e. The van der Waals surface area contributed by atoms with Crippen molar-refractivity contribution in [2.45, 2.75) is 23.7 Å². The van der Waals surface area contributed by atoms with Crippen LogP contribution < -0.4 is 0 Å². The Morgan fingerprint density at radius 2 is 2.16 bits per heavy atom. The van der Waals surface area contributed by atoms with Crippen molar-refractivity contribution in [3.8, 4) is 0 Å². The molecule has 0 aliphatic carbocycles. The van der Waals surface area contributed by atoms with E-state index in [4.69, 9.17) is 5.11 Å². The van der Waals surface area contributed by atoms with Gasteiger partial charge in [-0.2, -0.15) is 0 Å². The lowest BCUT2D eigenvalue weighted by Crippen LogP contribution is -2.32. The van der Waals surface area contributed by atoms with Crippen LogP contribution in [0.5, 0.6) is 0 Å². The molecule has 1 unspecified atom stereocenters. The Balaban J connectivity index is 1.95. The Hall–Kier alpha value is -1.49. The van der Waals surface area contributed by atoms with Gasteiger partial charge in [0.05, 0.1) is 5.92 Å². The Bertz CT molecular complexity index is 489. The van der Waals surface area contributed by atoms with Gasteiger partial charge in [-0.3, -0.25) is 9.59 Å². The van der Waals surface area contributed by atoms with Crippen molar-refractivity contribution in [1.29, 1.82) is 0 Å². The summed E-state index contributed by atoms with van der Waals surface area (Å²) in [5, 5.41) is 8.60. The number of benzene rings is 1. The van der Waals surface area contributed by atoms with Gasteiger partial charge in [0, 0.05) is 30.7 Å². The van der Waals surface area contributed by atoms with Crippen LogP contribution in [-0.4, -0.2) is 41.2 Å². The van der Waals surface area contributed by atoms with E-state index in [9.17, 15) is 9.59 Å². The molecule has 1 aromatic rings. The molecule has 4 nitrogen and oxygen atoms in total. The molecule has 2 rings (SSSR count). The van der Waals surface area contributed by atoms with E-state index < -0.39 is 5.97 Å². The van der Waals surface area contributed by atoms with Gasteiger partial charge < -0.3 is 10.0 Å². The molecule has 1 N–H and O–H groups in total. The topological polar surface area (TPSA) is 57.6 Å². The zero-order valence-corrected chi connectivity index (χ0v) is 11.7. The molecule has 0 fully saturated rings. The fourth-order valence-electron chi connectivity index (χ4n) is 2.21. The molecule has 0 saturated heterocycles. The highest BCUT2D eigenvalue weighted by atomic mass is 32.2. The van der Waals surface area contributed by atoms with E-state index in [1.165, 1.54) is 4.90 Å². The minimum atomic E-state index is -0.817. The molecule has 0 aromatic heterocycles. The summed E-state index contributed by atoms with van der Waals surface area (Å²) in [4.78, 5) is 25.6. The summed E-state index contributed by atoms with van der Waals surface area (Å²) in [5.41, 5.74) is 1.10. The van der Waals surface area contributed by atoms with Gasteiger partial charge in [-0.25, -0.2) is 0 Å². The highest BCUT2D eigenvalue weighted by Gasteiger charge is 2.30. The van der Waals surface area contributed by atoms with Gasteiger partial charge in [-0.05, 0) is 18.1 Å². The van der Waals surface area contributed by atoms with Gasteiger partial charge in [0.25, 0.3) is 0 Å². The average Bonchev–Trinajstić information content (AvgIpc) is 2.81. The van der Waals surface area contributed by atoms with Gasteiger partial charge in [0.15, 0.2) is 0 Å². The average molecular weight is 279 g/mol. The van der Waals surface area contributed by atoms with Gasteiger partial charge in [-0.1, -0.05) is 18.2 Å². The normalized spacial score (nSPS) is 17.0. The quantitative estimate of drug-likeness (QED) is 0.897. The second-order valence-corrected chi connectivity index (χ2v) is 5.72. The number of aliphatic carboxylic acids is 1. The van der Waals surface area contributed by atoms with Crippen molar-refractivity contribution in [2.75, 3.05) is 19.3 Å². The number of carbonyl (C=O) groups excluding carboxylic acids is 1. The lowest BCUT2D eigenvalue weighted by Gasteiger charge is -2.21. The number of rotatable bonds is 5. The summed E-state index contributed by atoms with van der Waals surface area (Å²) < 4.78 is 0. The highest BCUT2D eigenvalue weighted by Crippen LogP contribution is 2.39. The first-order valence-corrected chi connectivity index (χ1v) is 7.26. The van der Waals surface area contributed by atoms with Crippen LogP contribution in [0.15, 0.2) is 29.2 Å². The molecule has 1 amide bonds. The van der Waals surface area contributed by atoms with E-state index in [0.29, 0.717) is 13.0 Å². The number of nitrogens with zero attached hydrogens (tertiary/aromatic N) is 1. The number of hydrogen-bond acceptors (Lipinski definition) is 3. The molecule has 0 saturated carbocycles. The fourth-order valence-corrected chi connectivity index (χ4v) is 3.43. The molecule has 0 radical (unpaired) electrons.